The number of carbonyl (C=O) groups is 2. The molecule has 1 aliphatic rings. The topological polar surface area (TPSA) is 87.5 Å². The minimum Gasteiger partial charge on any atom is -0.366 e. The van der Waals surface area contributed by atoms with Crippen LogP contribution in [0.25, 0.3) is 0 Å². The molecule has 6 heteroatoms. The number of urea groups is 1. The van der Waals surface area contributed by atoms with Crippen LogP contribution in [0.3, 0.4) is 0 Å². The Morgan fingerprint density at radius 1 is 1.32 bits per heavy atom. The Balaban J connectivity index is 1.67. The summed E-state index contributed by atoms with van der Waals surface area (Å²) in [6, 6.07) is 4.78. The summed E-state index contributed by atoms with van der Waals surface area (Å²) in [5.74, 6) is 0.299. The molecule has 4 N–H and O–H groups in total. The average Bonchev–Trinajstić information content (AvgIpc) is 2.56. The molecule has 3 amide bonds. The number of rotatable bonds is 7. The van der Waals surface area contributed by atoms with E-state index in [4.69, 9.17) is 5.73 Å². The molecule has 0 saturated carbocycles. The van der Waals surface area contributed by atoms with Crippen LogP contribution >= 0.6 is 0 Å². The summed E-state index contributed by atoms with van der Waals surface area (Å²) in [4.78, 5) is 25.8. The third-order valence-electron chi connectivity index (χ3n) is 4.70. The number of hydrogen-bond donors (Lipinski definition) is 3. The van der Waals surface area contributed by atoms with Crippen LogP contribution in [0.5, 0.6) is 0 Å². The van der Waals surface area contributed by atoms with Crippen LogP contribution in [0, 0.1) is 12.8 Å². The number of likely N-dealkylation sites (tertiary alicyclic amines) is 1. The van der Waals surface area contributed by atoms with Crippen molar-refractivity contribution in [2.24, 2.45) is 11.7 Å². The van der Waals surface area contributed by atoms with E-state index in [2.05, 4.69) is 22.5 Å². The molecule has 0 unspecified atom stereocenters. The summed E-state index contributed by atoms with van der Waals surface area (Å²) >= 11 is 0. The van der Waals surface area contributed by atoms with Crippen LogP contribution in [-0.2, 0) is 0 Å². The number of amides is 3. The molecule has 1 aromatic carbocycles. The largest absolute Gasteiger partial charge is 0.366 e. The number of aryl methyl sites for hydroxylation is 1. The summed E-state index contributed by atoms with van der Waals surface area (Å²) in [5.41, 5.74) is 7.16. The summed E-state index contributed by atoms with van der Waals surface area (Å²) in [5, 5.41) is 5.65. The number of unbranched alkanes of at least 4 members (excludes halogenated alkanes) is 1. The van der Waals surface area contributed by atoms with E-state index < -0.39 is 5.91 Å². The first-order valence-corrected chi connectivity index (χ1v) is 9.13. The number of primary amides is 1. The lowest BCUT2D eigenvalue weighted by Crippen LogP contribution is -2.35. The molecule has 138 valence electrons. The third-order valence-corrected chi connectivity index (χ3v) is 4.70. The molecule has 2 rings (SSSR count). The number of hydrogen-bond acceptors (Lipinski definition) is 3. The van der Waals surface area contributed by atoms with Gasteiger partial charge in [0.15, 0.2) is 0 Å². The Kier molecular flexibility index (Phi) is 7.25. The molecule has 6 nitrogen and oxygen atoms in total. The van der Waals surface area contributed by atoms with Crippen molar-refractivity contribution in [3.05, 3.63) is 29.3 Å². The van der Waals surface area contributed by atoms with Gasteiger partial charge in [0.2, 0.25) is 5.91 Å². The summed E-state index contributed by atoms with van der Waals surface area (Å²) < 4.78 is 0. The summed E-state index contributed by atoms with van der Waals surface area (Å²) in [6.45, 7) is 8.33. The lowest BCUT2D eigenvalue weighted by atomic mass is 10.0. The number of anilines is 1. The molecular formula is C19H30N4O2. The molecule has 0 bridgehead atoms. The Morgan fingerprint density at radius 2 is 2.12 bits per heavy atom. The summed E-state index contributed by atoms with van der Waals surface area (Å²) in [6.07, 6.45) is 4.68. The molecule has 1 heterocycles. The van der Waals surface area contributed by atoms with Crippen molar-refractivity contribution >= 4 is 17.6 Å². The first kappa shape index (κ1) is 19.2. The number of nitrogens with zero attached hydrogens (tertiary/aromatic N) is 1. The normalized spacial score (nSPS) is 17.9. The minimum atomic E-state index is -0.504. The maximum Gasteiger partial charge on any atom is 0.319 e. The molecule has 0 aliphatic carbocycles. The number of nitrogens with two attached hydrogens (primary N) is 1. The van der Waals surface area contributed by atoms with Gasteiger partial charge in [0.25, 0.3) is 0 Å². The van der Waals surface area contributed by atoms with Gasteiger partial charge in [-0.1, -0.05) is 13.0 Å². The van der Waals surface area contributed by atoms with Gasteiger partial charge in [0.1, 0.15) is 0 Å². The van der Waals surface area contributed by atoms with Crippen LogP contribution in [-0.4, -0.2) is 43.0 Å². The second-order valence-electron chi connectivity index (χ2n) is 7.03. The molecule has 1 aliphatic heterocycles. The predicted molar refractivity (Wildman–Crippen MR) is 101 cm³/mol. The van der Waals surface area contributed by atoms with E-state index in [0.717, 1.165) is 30.9 Å². The standard InChI is InChI=1S/C19H30N4O2/c1-14-6-5-11-23(13-14)10-4-3-9-21-19(25)22-17-12-16(18(20)24)8-7-15(17)2/h7-8,12,14H,3-6,9-11,13H2,1-2H3,(H2,20,24)(H2,21,22,25)/t14-/m0/s1. The van der Waals surface area contributed by atoms with Gasteiger partial charge in [-0.2, -0.15) is 0 Å². The highest BCUT2D eigenvalue weighted by atomic mass is 16.2. The SMILES string of the molecule is Cc1ccc(C(N)=O)cc1NC(=O)NCCCCN1CCC[C@H](C)C1. The number of nitrogens with one attached hydrogen (secondary N) is 2. The molecule has 1 aromatic rings. The fraction of sp³-hybridized carbons (Fsp3) is 0.579. The summed E-state index contributed by atoms with van der Waals surface area (Å²) in [7, 11) is 0. The Labute approximate surface area is 150 Å². The molecular weight excluding hydrogens is 316 g/mol. The minimum absolute atomic E-state index is 0.253. The zero-order valence-corrected chi connectivity index (χ0v) is 15.3. The van der Waals surface area contributed by atoms with Gasteiger partial charge in [-0.3, -0.25) is 4.79 Å². The maximum atomic E-state index is 12.0. The number of piperidine rings is 1. The van der Waals surface area contributed by atoms with Crippen molar-refractivity contribution in [2.75, 3.05) is 31.5 Å². The third kappa shape index (κ3) is 6.38. The number of carbonyl (C=O) groups excluding carboxylic acids is 2. The smallest absolute Gasteiger partial charge is 0.319 e. The van der Waals surface area contributed by atoms with Crippen LogP contribution in [0.4, 0.5) is 10.5 Å². The lowest BCUT2D eigenvalue weighted by Gasteiger charge is -2.30. The Hall–Kier alpha value is -2.08. The fourth-order valence-electron chi connectivity index (χ4n) is 3.23. The molecule has 1 saturated heterocycles. The van der Waals surface area contributed by atoms with Gasteiger partial charge in [0, 0.05) is 24.3 Å². The van der Waals surface area contributed by atoms with Gasteiger partial charge >= 0.3 is 6.03 Å². The lowest BCUT2D eigenvalue weighted by molar-refractivity contribution is 0.1000. The highest BCUT2D eigenvalue weighted by Gasteiger charge is 2.15. The van der Waals surface area contributed by atoms with E-state index in [1.807, 2.05) is 6.92 Å². The van der Waals surface area contributed by atoms with Gasteiger partial charge < -0.3 is 21.3 Å². The van der Waals surface area contributed by atoms with E-state index >= 15 is 0 Å². The maximum absolute atomic E-state index is 12.0. The van der Waals surface area contributed by atoms with Crippen molar-refractivity contribution in [3.63, 3.8) is 0 Å². The second-order valence-corrected chi connectivity index (χ2v) is 7.03. The quantitative estimate of drug-likeness (QED) is 0.663. The highest BCUT2D eigenvalue weighted by molar-refractivity contribution is 5.96. The second kappa shape index (κ2) is 9.42. The molecule has 1 fully saturated rings. The number of benzene rings is 1. The first-order valence-electron chi connectivity index (χ1n) is 9.13. The highest BCUT2D eigenvalue weighted by Crippen LogP contribution is 2.17. The fourth-order valence-corrected chi connectivity index (χ4v) is 3.23. The molecule has 25 heavy (non-hydrogen) atoms. The van der Waals surface area contributed by atoms with Crippen molar-refractivity contribution in [3.8, 4) is 0 Å². The van der Waals surface area contributed by atoms with E-state index in [0.29, 0.717) is 17.8 Å². The van der Waals surface area contributed by atoms with Gasteiger partial charge in [-0.05, 0) is 69.3 Å². The van der Waals surface area contributed by atoms with Crippen molar-refractivity contribution in [2.45, 2.75) is 39.5 Å². The Bertz CT molecular complexity index is 603. The van der Waals surface area contributed by atoms with Crippen molar-refractivity contribution in [1.82, 2.24) is 10.2 Å². The monoisotopic (exact) mass is 346 g/mol. The molecule has 0 aromatic heterocycles. The zero-order chi connectivity index (χ0) is 18.2. The van der Waals surface area contributed by atoms with Gasteiger partial charge in [0.05, 0.1) is 0 Å². The predicted octanol–water partition coefficient (Wildman–Crippen LogP) is 2.73. The van der Waals surface area contributed by atoms with E-state index in [1.165, 1.54) is 25.9 Å². The van der Waals surface area contributed by atoms with E-state index in [1.54, 1.807) is 18.2 Å². The van der Waals surface area contributed by atoms with Crippen LogP contribution in [0.15, 0.2) is 18.2 Å². The molecule has 1 atom stereocenters. The van der Waals surface area contributed by atoms with Crippen LogP contribution in [0.1, 0.15) is 48.5 Å². The van der Waals surface area contributed by atoms with Crippen molar-refractivity contribution in [1.29, 1.82) is 0 Å². The molecule has 0 spiro atoms. The van der Waals surface area contributed by atoms with Crippen LogP contribution < -0.4 is 16.4 Å². The van der Waals surface area contributed by atoms with E-state index in [9.17, 15) is 9.59 Å². The first-order chi connectivity index (χ1) is 12.0. The zero-order valence-electron chi connectivity index (χ0n) is 15.3. The van der Waals surface area contributed by atoms with Crippen molar-refractivity contribution < 1.29 is 9.59 Å². The average molecular weight is 346 g/mol. The molecule has 0 radical (unpaired) electrons. The van der Waals surface area contributed by atoms with Gasteiger partial charge in [-0.25, -0.2) is 4.79 Å². The van der Waals surface area contributed by atoms with Gasteiger partial charge in [-0.15, -0.1) is 0 Å². The Morgan fingerprint density at radius 3 is 2.84 bits per heavy atom. The van der Waals surface area contributed by atoms with Crippen LogP contribution in [0.2, 0.25) is 0 Å². The van der Waals surface area contributed by atoms with E-state index in [-0.39, 0.29) is 6.03 Å².